The number of nitrogens with zero attached hydrogens (tertiary/aromatic N) is 4. The van der Waals surface area contributed by atoms with E-state index in [-0.39, 0.29) is 4.90 Å². The van der Waals surface area contributed by atoms with Gasteiger partial charge in [-0.1, -0.05) is 6.07 Å². The van der Waals surface area contributed by atoms with E-state index in [9.17, 15) is 12.8 Å². The molecule has 4 rings (SSSR count). The monoisotopic (exact) mass is 392 g/mol. The highest BCUT2D eigenvalue weighted by Crippen LogP contribution is 2.29. The van der Waals surface area contributed by atoms with E-state index in [4.69, 9.17) is 0 Å². The molecule has 1 aliphatic heterocycles. The number of sulfonamides is 1. The summed E-state index contributed by atoms with van der Waals surface area (Å²) in [5, 5.41) is 1.97. The highest BCUT2D eigenvalue weighted by molar-refractivity contribution is 7.89. The molecule has 1 aromatic carbocycles. The molecule has 136 valence electrons. The molecular weight excluding hydrogens is 375 g/mol. The summed E-state index contributed by atoms with van der Waals surface area (Å²) in [5.41, 5.74) is 1.44. The summed E-state index contributed by atoms with van der Waals surface area (Å²) < 4.78 is 41.7. The van der Waals surface area contributed by atoms with Crippen LogP contribution in [0.4, 0.5) is 10.2 Å². The van der Waals surface area contributed by atoms with Crippen LogP contribution in [0.3, 0.4) is 0 Å². The van der Waals surface area contributed by atoms with Gasteiger partial charge in [-0.3, -0.25) is 0 Å². The van der Waals surface area contributed by atoms with Crippen molar-refractivity contribution >= 4 is 37.4 Å². The maximum Gasteiger partial charge on any atom is 0.243 e. The largest absolute Gasteiger partial charge is 0.353 e. The quantitative estimate of drug-likeness (QED) is 0.686. The average Bonchev–Trinajstić information content (AvgIpc) is 3.12. The van der Waals surface area contributed by atoms with Gasteiger partial charge in [0.25, 0.3) is 0 Å². The van der Waals surface area contributed by atoms with E-state index in [1.165, 1.54) is 22.8 Å². The molecule has 1 fully saturated rings. The van der Waals surface area contributed by atoms with Crippen LogP contribution in [-0.4, -0.2) is 48.9 Å². The number of aromatic nitrogens is 2. The summed E-state index contributed by atoms with van der Waals surface area (Å²) in [6.45, 7) is 3.39. The first-order valence-electron chi connectivity index (χ1n) is 8.16. The van der Waals surface area contributed by atoms with E-state index >= 15 is 0 Å². The standard InChI is InChI=1S/C17H17FN4O2S2/c1-12-2-3-13(18)10-15(12)26(23,24)22-7-5-21(6-8-22)17-16-14(4-9-25-16)19-11-20-17/h2-4,9-11H,5-8H2,1H3. The molecule has 1 aliphatic rings. The molecule has 3 heterocycles. The smallest absolute Gasteiger partial charge is 0.243 e. The zero-order valence-electron chi connectivity index (χ0n) is 14.1. The number of thiophene rings is 1. The summed E-state index contributed by atoms with van der Waals surface area (Å²) in [6.07, 6.45) is 1.53. The van der Waals surface area contributed by atoms with E-state index in [1.807, 2.05) is 11.4 Å². The Labute approximate surface area is 155 Å². The number of fused-ring (bicyclic) bond motifs is 1. The van der Waals surface area contributed by atoms with Crippen molar-refractivity contribution in [2.75, 3.05) is 31.1 Å². The van der Waals surface area contributed by atoms with Crippen molar-refractivity contribution in [2.45, 2.75) is 11.8 Å². The fourth-order valence-corrected chi connectivity index (χ4v) is 5.65. The van der Waals surface area contributed by atoms with Crippen molar-refractivity contribution in [3.63, 3.8) is 0 Å². The molecule has 0 saturated carbocycles. The average molecular weight is 392 g/mol. The van der Waals surface area contributed by atoms with Crippen molar-refractivity contribution in [3.05, 3.63) is 47.4 Å². The third-order valence-corrected chi connectivity index (χ3v) is 7.47. The van der Waals surface area contributed by atoms with Crippen molar-refractivity contribution in [2.24, 2.45) is 0 Å². The Bertz CT molecular complexity index is 1060. The zero-order chi connectivity index (χ0) is 18.3. The van der Waals surface area contributed by atoms with Gasteiger partial charge >= 0.3 is 0 Å². The fraction of sp³-hybridized carbons (Fsp3) is 0.294. The van der Waals surface area contributed by atoms with Gasteiger partial charge in [0.2, 0.25) is 10.0 Å². The Kier molecular flexibility index (Phi) is 4.37. The van der Waals surface area contributed by atoms with E-state index in [0.717, 1.165) is 22.1 Å². The Morgan fingerprint density at radius 2 is 1.88 bits per heavy atom. The summed E-state index contributed by atoms with van der Waals surface area (Å²) in [4.78, 5) is 10.7. The minimum Gasteiger partial charge on any atom is -0.353 e. The van der Waals surface area contributed by atoms with Crippen molar-refractivity contribution in [1.29, 1.82) is 0 Å². The highest BCUT2D eigenvalue weighted by atomic mass is 32.2. The number of hydrogen-bond acceptors (Lipinski definition) is 6. The van der Waals surface area contributed by atoms with Gasteiger partial charge in [-0.25, -0.2) is 22.8 Å². The molecule has 0 radical (unpaired) electrons. The number of halogens is 1. The minimum atomic E-state index is -3.72. The summed E-state index contributed by atoms with van der Waals surface area (Å²) in [5.74, 6) is 0.290. The van der Waals surface area contributed by atoms with Crippen LogP contribution >= 0.6 is 11.3 Å². The lowest BCUT2D eigenvalue weighted by Crippen LogP contribution is -2.49. The molecule has 0 amide bonds. The van der Waals surface area contributed by atoms with Gasteiger partial charge < -0.3 is 4.90 Å². The highest BCUT2D eigenvalue weighted by Gasteiger charge is 2.30. The molecule has 0 atom stereocenters. The maximum absolute atomic E-state index is 13.5. The summed E-state index contributed by atoms with van der Waals surface area (Å²) >= 11 is 1.57. The Balaban J connectivity index is 1.56. The predicted octanol–water partition coefficient (Wildman–Crippen LogP) is 2.65. The van der Waals surface area contributed by atoms with Crippen LogP contribution in [0.25, 0.3) is 10.2 Å². The SMILES string of the molecule is Cc1ccc(F)cc1S(=O)(=O)N1CCN(c2ncnc3ccsc23)CC1. The lowest BCUT2D eigenvalue weighted by atomic mass is 10.2. The number of anilines is 1. The second-order valence-corrected chi connectivity index (χ2v) is 8.96. The van der Waals surface area contributed by atoms with Gasteiger partial charge in [-0.05, 0) is 36.1 Å². The number of benzene rings is 1. The van der Waals surface area contributed by atoms with E-state index in [0.29, 0.717) is 31.7 Å². The van der Waals surface area contributed by atoms with Crippen LogP contribution in [-0.2, 0) is 10.0 Å². The molecule has 0 unspecified atom stereocenters. The van der Waals surface area contributed by atoms with E-state index in [1.54, 1.807) is 18.3 Å². The number of aryl methyl sites for hydroxylation is 1. The molecule has 0 aliphatic carbocycles. The lowest BCUT2D eigenvalue weighted by Gasteiger charge is -2.35. The zero-order valence-corrected chi connectivity index (χ0v) is 15.7. The van der Waals surface area contributed by atoms with E-state index < -0.39 is 15.8 Å². The normalized spacial score (nSPS) is 16.3. The topological polar surface area (TPSA) is 66.4 Å². The van der Waals surface area contributed by atoms with Crippen LogP contribution in [0.1, 0.15) is 5.56 Å². The molecule has 0 N–H and O–H groups in total. The molecule has 9 heteroatoms. The molecule has 0 spiro atoms. The molecule has 26 heavy (non-hydrogen) atoms. The summed E-state index contributed by atoms with van der Waals surface area (Å²) in [6, 6.07) is 5.80. The first-order chi connectivity index (χ1) is 12.5. The fourth-order valence-electron chi connectivity index (χ4n) is 3.13. The summed E-state index contributed by atoms with van der Waals surface area (Å²) in [7, 11) is -3.72. The maximum atomic E-state index is 13.5. The Hall–Kier alpha value is -2.10. The van der Waals surface area contributed by atoms with Gasteiger partial charge in [-0.2, -0.15) is 4.31 Å². The third kappa shape index (κ3) is 2.95. The van der Waals surface area contributed by atoms with Crippen molar-refractivity contribution in [3.8, 4) is 0 Å². The van der Waals surface area contributed by atoms with Gasteiger partial charge in [0.15, 0.2) is 0 Å². The van der Waals surface area contributed by atoms with Gasteiger partial charge in [-0.15, -0.1) is 11.3 Å². The minimum absolute atomic E-state index is 0.0358. The van der Waals surface area contributed by atoms with Crippen molar-refractivity contribution < 1.29 is 12.8 Å². The molecule has 2 aromatic heterocycles. The first kappa shape index (κ1) is 17.3. The van der Waals surface area contributed by atoms with Crippen molar-refractivity contribution in [1.82, 2.24) is 14.3 Å². The Morgan fingerprint density at radius 3 is 2.65 bits per heavy atom. The van der Waals surface area contributed by atoms with Crippen LogP contribution in [0.2, 0.25) is 0 Å². The van der Waals surface area contributed by atoms with Gasteiger partial charge in [0, 0.05) is 26.2 Å². The number of hydrogen-bond donors (Lipinski definition) is 0. The second kappa shape index (κ2) is 6.57. The lowest BCUT2D eigenvalue weighted by molar-refractivity contribution is 0.383. The van der Waals surface area contributed by atoms with Gasteiger partial charge in [0.1, 0.15) is 18.0 Å². The molecule has 6 nitrogen and oxygen atoms in total. The predicted molar refractivity (Wildman–Crippen MR) is 99.5 cm³/mol. The van der Waals surface area contributed by atoms with Crippen LogP contribution < -0.4 is 4.90 Å². The number of piperazine rings is 1. The first-order valence-corrected chi connectivity index (χ1v) is 10.5. The molecule has 3 aromatic rings. The third-order valence-electron chi connectivity index (χ3n) is 4.53. The Morgan fingerprint density at radius 1 is 1.12 bits per heavy atom. The second-order valence-electron chi connectivity index (χ2n) is 6.13. The molecule has 0 bridgehead atoms. The molecule has 1 saturated heterocycles. The van der Waals surface area contributed by atoms with Crippen LogP contribution in [0.5, 0.6) is 0 Å². The number of rotatable bonds is 3. The van der Waals surface area contributed by atoms with Crippen LogP contribution in [0.15, 0.2) is 40.9 Å². The van der Waals surface area contributed by atoms with Crippen LogP contribution in [0, 0.1) is 12.7 Å². The van der Waals surface area contributed by atoms with E-state index in [2.05, 4.69) is 14.9 Å². The molecular formula is C17H17FN4O2S2. The van der Waals surface area contributed by atoms with Gasteiger partial charge in [0.05, 0.1) is 15.1 Å².